The quantitative estimate of drug-likeness (QED) is 0.753. The van der Waals surface area contributed by atoms with Gasteiger partial charge in [-0.1, -0.05) is 19.3 Å². The van der Waals surface area contributed by atoms with Crippen molar-refractivity contribution in [2.24, 2.45) is 5.92 Å². The normalized spacial score (nSPS) is 27.7. The Hall–Kier alpha value is -0.670. The summed E-state index contributed by atoms with van der Waals surface area (Å²) in [6, 6.07) is 0. The first-order chi connectivity index (χ1) is 6.52. The topological polar surface area (TPSA) is 37.3 Å². The highest BCUT2D eigenvalue weighted by atomic mass is 19.3. The average Bonchev–Trinajstić information content (AvgIpc) is 2.05. The van der Waals surface area contributed by atoms with E-state index in [-0.39, 0.29) is 6.42 Å². The maximum Gasteiger partial charge on any atom is 0.303 e. The molecule has 1 saturated carbocycles. The van der Waals surface area contributed by atoms with E-state index in [2.05, 4.69) is 0 Å². The second-order valence-electron chi connectivity index (χ2n) is 4.01. The summed E-state index contributed by atoms with van der Waals surface area (Å²) in [5.41, 5.74) is 0. The number of rotatable bonds is 2. The minimum absolute atomic E-state index is 0.148. The number of carboxylic acid groups (broad SMARTS) is 1. The molecule has 0 amide bonds. The van der Waals surface area contributed by atoms with Crippen LogP contribution in [0, 0.1) is 5.92 Å². The maximum absolute atomic E-state index is 13.4. The molecule has 0 aromatic rings. The van der Waals surface area contributed by atoms with E-state index in [0.717, 1.165) is 19.3 Å². The third-order valence-electron chi connectivity index (χ3n) is 2.83. The molecule has 14 heavy (non-hydrogen) atoms. The van der Waals surface area contributed by atoms with Crippen LogP contribution < -0.4 is 0 Å². The number of alkyl halides is 2. The van der Waals surface area contributed by atoms with Crippen molar-refractivity contribution in [2.75, 3.05) is 0 Å². The Morgan fingerprint density at radius 1 is 1.29 bits per heavy atom. The Bertz CT molecular complexity index is 204. The van der Waals surface area contributed by atoms with Crippen LogP contribution in [0.2, 0.25) is 0 Å². The molecule has 1 N–H and O–H groups in total. The number of carbonyl (C=O) groups is 1. The van der Waals surface area contributed by atoms with Gasteiger partial charge in [-0.05, 0) is 12.8 Å². The predicted octanol–water partition coefficient (Wildman–Crippen LogP) is 3.07. The highest BCUT2D eigenvalue weighted by Gasteiger charge is 2.40. The Kier molecular flexibility index (Phi) is 3.84. The Balaban J connectivity index is 2.59. The molecule has 0 spiro atoms. The lowest BCUT2D eigenvalue weighted by Gasteiger charge is -2.27. The molecule has 0 aromatic carbocycles. The predicted molar refractivity (Wildman–Crippen MR) is 48.4 cm³/mol. The van der Waals surface area contributed by atoms with E-state index in [1.54, 1.807) is 0 Å². The molecule has 82 valence electrons. The largest absolute Gasteiger partial charge is 0.481 e. The van der Waals surface area contributed by atoms with E-state index >= 15 is 0 Å². The van der Waals surface area contributed by atoms with Gasteiger partial charge in [0.1, 0.15) is 0 Å². The lowest BCUT2D eigenvalue weighted by atomic mass is 9.86. The summed E-state index contributed by atoms with van der Waals surface area (Å²) in [4.78, 5) is 10.4. The SMILES string of the molecule is O=C(O)CC1CCCCCCC1(F)F. The summed E-state index contributed by atoms with van der Waals surface area (Å²) in [5.74, 6) is -4.85. The van der Waals surface area contributed by atoms with E-state index in [1.807, 2.05) is 0 Å². The van der Waals surface area contributed by atoms with Crippen molar-refractivity contribution >= 4 is 5.97 Å². The molecule has 1 unspecified atom stereocenters. The second-order valence-corrected chi connectivity index (χ2v) is 4.01. The third-order valence-corrected chi connectivity index (χ3v) is 2.83. The van der Waals surface area contributed by atoms with Gasteiger partial charge >= 0.3 is 5.97 Å². The highest BCUT2D eigenvalue weighted by Crippen LogP contribution is 2.37. The van der Waals surface area contributed by atoms with Crippen molar-refractivity contribution in [3.05, 3.63) is 0 Å². The molecule has 1 aliphatic rings. The Labute approximate surface area is 82.3 Å². The van der Waals surface area contributed by atoms with Crippen molar-refractivity contribution in [2.45, 2.75) is 50.9 Å². The van der Waals surface area contributed by atoms with Crippen LogP contribution in [0.4, 0.5) is 8.78 Å². The molecular weight excluding hydrogens is 190 g/mol. The van der Waals surface area contributed by atoms with Crippen LogP contribution in [0.15, 0.2) is 0 Å². The summed E-state index contributed by atoms with van der Waals surface area (Å²) in [5, 5.41) is 8.53. The summed E-state index contributed by atoms with van der Waals surface area (Å²) in [6.07, 6.45) is 2.84. The molecule has 0 aliphatic heterocycles. The molecule has 2 nitrogen and oxygen atoms in total. The van der Waals surface area contributed by atoms with Crippen LogP contribution in [-0.4, -0.2) is 17.0 Å². The molecule has 4 heteroatoms. The lowest BCUT2D eigenvalue weighted by molar-refractivity contribution is -0.144. The van der Waals surface area contributed by atoms with E-state index < -0.39 is 24.2 Å². The monoisotopic (exact) mass is 206 g/mol. The molecule has 1 atom stereocenters. The second kappa shape index (κ2) is 4.71. The van der Waals surface area contributed by atoms with Crippen LogP contribution in [-0.2, 0) is 4.79 Å². The van der Waals surface area contributed by atoms with Crippen LogP contribution in [0.5, 0.6) is 0 Å². The first-order valence-electron chi connectivity index (χ1n) is 5.12. The molecular formula is C10H16F2O2. The van der Waals surface area contributed by atoms with E-state index in [1.165, 1.54) is 0 Å². The van der Waals surface area contributed by atoms with Gasteiger partial charge in [0.15, 0.2) is 0 Å². The fourth-order valence-electron chi connectivity index (χ4n) is 1.98. The zero-order chi connectivity index (χ0) is 10.6. The number of hydrogen-bond acceptors (Lipinski definition) is 1. The zero-order valence-electron chi connectivity index (χ0n) is 8.14. The van der Waals surface area contributed by atoms with Gasteiger partial charge in [-0.25, -0.2) is 8.78 Å². The summed E-state index contributed by atoms with van der Waals surface area (Å²) >= 11 is 0. The van der Waals surface area contributed by atoms with Gasteiger partial charge in [-0.2, -0.15) is 0 Å². The minimum Gasteiger partial charge on any atom is -0.481 e. The van der Waals surface area contributed by atoms with E-state index in [0.29, 0.717) is 12.8 Å². The molecule has 1 rings (SSSR count). The van der Waals surface area contributed by atoms with Crippen molar-refractivity contribution in [1.82, 2.24) is 0 Å². The van der Waals surface area contributed by atoms with Crippen molar-refractivity contribution in [1.29, 1.82) is 0 Å². The van der Waals surface area contributed by atoms with E-state index in [4.69, 9.17) is 5.11 Å². The minimum atomic E-state index is -2.78. The van der Waals surface area contributed by atoms with Gasteiger partial charge in [0.05, 0.1) is 6.42 Å². The molecule has 1 aliphatic carbocycles. The fraction of sp³-hybridized carbons (Fsp3) is 0.900. The van der Waals surface area contributed by atoms with Crippen LogP contribution in [0.25, 0.3) is 0 Å². The summed E-state index contributed by atoms with van der Waals surface area (Å²) in [6.45, 7) is 0. The molecule has 0 saturated heterocycles. The summed E-state index contributed by atoms with van der Waals surface area (Å²) < 4.78 is 26.8. The number of aliphatic carboxylic acids is 1. The average molecular weight is 206 g/mol. The first kappa shape index (κ1) is 11.4. The number of hydrogen-bond donors (Lipinski definition) is 1. The van der Waals surface area contributed by atoms with Crippen molar-refractivity contribution < 1.29 is 18.7 Å². The number of carboxylic acids is 1. The first-order valence-corrected chi connectivity index (χ1v) is 5.12. The highest BCUT2D eigenvalue weighted by molar-refractivity contribution is 5.67. The molecule has 0 bridgehead atoms. The zero-order valence-corrected chi connectivity index (χ0v) is 8.14. The van der Waals surface area contributed by atoms with Crippen LogP contribution in [0.3, 0.4) is 0 Å². The molecule has 0 radical (unpaired) electrons. The standard InChI is InChI=1S/C10H16F2O2/c11-10(12)6-4-2-1-3-5-8(10)7-9(13)14/h8H,1-7H2,(H,13,14). The summed E-state index contributed by atoms with van der Waals surface area (Å²) in [7, 11) is 0. The number of halogens is 2. The Morgan fingerprint density at radius 3 is 2.57 bits per heavy atom. The maximum atomic E-state index is 13.4. The smallest absolute Gasteiger partial charge is 0.303 e. The van der Waals surface area contributed by atoms with Gasteiger partial charge in [0.2, 0.25) is 0 Å². The molecule has 1 fully saturated rings. The van der Waals surface area contributed by atoms with Crippen molar-refractivity contribution in [3.63, 3.8) is 0 Å². The van der Waals surface area contributed by atoms with E-state index in [9.17, 15) is 13.6 Å². The lowest BCUT2D eigenvalue weighted by Crippen LogP contribution is -2.31. The van der Waals surface area contributed by atoms with Gasteiger partial charge in [-0.15, -0.1) is 0 Å². The molecule has 0 heterocycles. The van der Waals surface area contributed by atoms with Crippen LogP contribution in [0.1, 0.15) is 44.9 Å². The van der Waals surface area contributed by atoms with Gasteiger partial charge < -0.3 is 5.11 Å². The van der Waals surface area contributed by atoms with Gasteiger partial charge in [0.25, 0.3) is 5.92 Å². The Morgan fingerprint density at radius 2 is 1.93 bits per heavy atom. The van der Waals surface area contributed by atoms with Gasteiger partial charge in [-0.3, -0.25) is 4.79 Å². The third kappa shape index (κ3) is 3.24. The fourth-order valence-corrected chi connectivity index (χ4v) is 1.98. The van der Waals surface area contributed by atoms with Gasteiger partial charge in [0, 0.05) is 12.3 Å². The van der Waals surface area contributed by atoms with Crippen LogP contribution >= 0.6 is 0 Å². The molecule has 0 aromatic heterocycles. The van der Waals surface area contributed by atoms with Crippen molar-refractivity contribution in [3.8, 4) is 0 Å².